The summed E-state index contributed by atoms with van der Waals surface area (Å²) < 4.78 is 5.72. The molecule has 0 saturated carbocycles. The maximum absolute atomic E-state index is 11.3. The summed E-state index contributed by atoms with van der Waals surface area (Å²) in [5.74, 6) is -0.281. The van der Waals surface area contributed by atoms with Crippen LogP contribution in [0.15, 0.2) is 28.7 Å². The number of halogens is 1. The van der Waals surface area contributed by atoms with Crippen LogP contribution in [0.25, 0.3) is 11.3 Å². The molecule has 0 bridgehead atoms. The van der Waals surface area contributed by atoms with Crippen molar-refractivity contribution in [3.8, 4) is 17.0 Å². The first-order chi connectivity index (χ1) is 8.54. The first kappa shape index (κ1) is 12.7. The molecule has 2 rings (SSSR count). The summed E-state index contributed by atoms with van der Waals surface area (Å²) in [6.07, 6.45) is 0. The highest BCUT2D eigenvalue weighted by Crippen LogP contribution is 2.33. The van der Waals surface area contributed by atoms with Crippen molar-refractivity contribution in [1.82, 2.24) is 4.98 Å². The molecule has 1 heterocycles. The molecule has 1 aromatic carbocycles. The SMILES string of the molecule is COc1cccc(-c2[nH]c(C)c(Br)c2C(=O)O)c1. The summed E-state index contributed by atoms with van der Waals surface area (Å²) in [5, 5.41) is 9.27. The molecular weight excluding hydrogens is 298 g/mol. The topological polar surface area (TPSA) is 62.3 Å². The Morgan fingerprint density at radius 2 is 2.17 bits per heavy atom. The number of aromatic amines is 1. The number of ether oxygens (including phenoxy) is 1. The maximum Gasteiger partial charge on any atom is 0.339 e. The number of aromatic carboxylic acids is 1. The van der Waals surface area contributed by atoms with Crippen molar-refractivity contribution in [3.63, 3.8) is 0 Å². The lowest BCUT2D eigenvalue weighted by Gasteiger charge is -2.04. The molecule has 1 aromatic heterocycles. The zero-order valence-corrected chi connectivity index (χ0v) is 11.5. The molecule has 0 amide bonds. The monoisotopic (exact) mass is 309 g/mol. The molecule has 0 aliphatic rings. The summed E-state index contributed by atoms with van der Waals surface area (Å²) in [6.45, 7) is 1.82. The summed E-state index contributed by atoms with van der Waals surface area (Å²) in [7, 11) is 1.58. The highest BCUT2D eigenvalue weighted by atomic mass is 79.9. The second kappa shape index (κ2) is 4.86. The molecule has 18 heavy (non-hydrogen) atoms. The molecule has 0 aliphatic carbocycles. The van der Waals surface area contributed by atoms with Gasteiger partial charge in [0, 0.05) is 11.3 Å². The lowest BCUT2D eigenvalue weighted by molar-refractivity contribution is 0.0697. The summed E-state index contributed by atoms with van der Waals surface area (Å²) in [5.41, 5.74) is 2.37. The third kappa shape index (κ3) is 2.13. The van der Waals surface area contributed by atoms with Crippen molar-refractivity contribution in [2.45, 2.75) is 6.92 Å². The van der Waals surface area contributed by atoms with E-state index in [9.17, 15) is 9.90 Å². The van der Waals surface area contributed by atoms with E-state index in [0.29, 0.717) is 15.9 Å². The molecule has 0 radical (unpaired) electrons. The fraction of sp³-hybridized carbons (Fsp3) is 0.154. The molecule has 5 heteroatoms. The van der Waals surface area contributed by atoms with Gasteiger partial charge in [-0.25, -0.2) is 4.79 Å². The van der Waals surface area contributed by atoms with Gasteiger partial charge in [0.1, 0.15) is 5.75 Å². The minimum absolute atomic E-state index is 0.237. The predicted molar refractivity (Wildman–Crippen MR) is 72.2 cm³/mol. The van der Waals surface area contributed by atoms with E-state index >= 15 is 0 Å². The van der Waals surface area contributed by atoms with Crippen LogP contribution in [-0.4, -0.2) is 23.2 Å². The standard InChI is InChI=1S/C13H12BrNO3/c1-7-11(14)10(13(16)17)12(15-7)8-4-3-5-9(6-8)18-2/h3-6,15H,1-2H3,(H,16,17). The van der Waals surface area contributed by atoms with E-state index in [2.05, 4.69) is 20.9 Å². The Hall–Kier alpha value is -1.75. The van der Waals surface area contributed by atoms with Crippen LogP contribution in [0.3, 0.4) is 0 Å². The Balaban J connectivity index is 2.63. The Labute approximate surface area is 113 Å². The van der Waals surface area contributed by atoms with Gasteiger partial charge in [0.05, 0.1) is 22.8 Å². The number of aromatic nitrogens is 1. The smallest absolute Gasteiger partial charge is 0.339 e. The van der Waals surface area contributed by atoms with Crippen molar-refractivity contribution in [3.05, 3.63) is 40.0 Å². The van der Waals surface area contributed by atoms with Gasteiger partial charge in [0.25, 0.3) is 0 Å². The van der Waals surface area contributed by atoms with Crippen LogP contribution in [0.5, 0.6) is 5.75 Å². The lowest BCUT2D eigenvalue weighted by Crippen LogP contribution is -1.98. The van der Waals surface area contributed by atoms with E-state index in [4.69, 9.17) is 4.74 Å². The van der Waals surface area contributed by atoms with Crippen molar-refractivity contribution < 1.29 is 14.6 Å². The normalized spacial score (nSPS) is 10.4. The number of carboxylic acid groups (broad SMARTS) is 1. The van der Waals surface area contributed by atoms with E-state index < -0.39 is 5.97 Å². The van der Waals surface area contributed by atoms with Gasteiger partial charge < -0.3 is 14.8 Å². The van der Waals surface area contributed by atoms with Crippen LogP contribution in [0.1, 0.15) is 16.1 Å². The van der Waals surface area contributed by atoms with Crippen molar-refractivity contribution in [2.75, 3.05) is 7.11 Å². The van der Waals surface area contributed by atoms with Gasteiger partial charge >= 0.3 is 5.97 Å². The van der Waals surface area contributed by atoms with Gasteiger partial charge in [0.2, 0.25) is 0 Å². The number of H-pyrrole nitrogens is 1. The first-order valence-electron chi connectivity index (χ1n) is 5.30. The number of hydrogen-bond acceptors (Lipinski definition) is 2. The third-order valence-electron chi connectivity index (χ3n) is 2.68. The predicted octanol–water partition coefficient (Wildman–Crippen LogP) is 3.46. The zero-order valence-electron chi connectivity index (χ0n) is 9.95. The van der Waals surface area contributed by atoms with Crippen LogP contribution in [0.2, 0.25) is 0 Å². The van der Waals surface area contributed by atoms with Gasteiger partial charge in [-0.15, -0.1) is 0 Å². The zero-order chi connectivity index (χ0) is 13.3. The lowest BCUT2D eigenvalue weighted by atomic mass is 10.1. The molecule has 0 aliphatic heterocycles. The Morgan fingerprint density at radius 1 is 1.44 bits per heavy atom. The molecule has 0 spiro atoms. The van der Waals surface area contributed by atoms with Crippen LogP contribution >= 0.6 is 15.9 Å². The van der Waals surface area contributed by atoms with Crippen LogP contribution in [0.4, 0.5) is 0 Å². The number of carbonyl (C=O) groups is 1. The Bertz CT molecular complexity index is 604. The molecule has 2 N–H and O–H groups in total. The van der Waals surface area contributed by atoms with E-state index in [1.807, 2.05) is 25.1 Å². The highest BCUT2D eigenvalue weighted by molar-refractivity contribution is 9.10. The van der Waals surface area contributed by atoms with Crippen LogP contribution in [-0.2, 0) is 0 Å². The van der Waals surface area contributed by atoms with Crippen LogP contribution in [0, 0.1) is 6.92 Å². The van der Waals surface area contributed by atoms with Gasteiger partial charge in [-0.2, -0.15) is 0 Å². The van der Waals surface area contributed by atoms with Gasteiger partial charge in [-0.3, -0.25) is 0 Å². The fourth-order valence-corrected chi connectivity index (χ4v) is 2.26. The fourth-order valence-electron chi connectivity index (χ4n) is 1.80. The molecule has 0 saturated heterocycles. The van der Waals surface area contributed by atoms with Crippen LogP contribution < -0.4 is 4.74 Å². The molecule has 0 unspecified atom stereocenters. The van der Waals surface area contributed by atoms with Crippen molar-refractivity contribution in [1.29, 1.82) is 0 Å². The van der Waals surface area contributed by atoms with E-state index in [0.717, 1.165) is 11.3 Å². The summed E-state index contributed by atoms with van der Waals surface area (Å²) >= 11 is 3.29. The number of carboxylic acids is 1. The maximum atomic E-state index is 11.3. The minimum atomic E-state index is -0.968. The summed E-state index contributed by atoms with van der Waals surface area (Å²) in [4.78, 5) is 14.4. The molecular formula is C13H12BrNO3. The van der Waals surface area contributed by atoms with E-state index in [1.165, 1.54) is 0 Å². The molecule has 0 atom stereocenters. The van der Waals surface area contributed by atoms with Crippen molar-refractivity contribution in [2.24, 2.45) is 0 Å². The number of rotatable bonds is 3. The van der Waals surface area contributed by atoms with E-state index in [-0.39, 0.29) is 5.56 Å². The Morgan fingerprint density at radius 3 is 2.78 bits per heavy atom. The average Bonchev–Trinajstić information content (AvgIpc) is 2.66. The van der Waals surface area contributed by atoms with Gasteiger partial charge in [0.15, 0.2) is 0 Å². The number of aryl methyl sites for hydroxylation is 1. The van der Waals surface area contributed by atoms with Crippen molar-refractivity contribution >= 4 is 21.9 Å². The number of nitrogens with one attached hydrogen (secondary N) is 1. The summed E-state index contributed by atoms with van der Waals surface area (Å²) in [6, 6.07) is 7.27. The number of hydrogen-bond donors (Lipinski definition) is 2. The van der Waals surface area contributed by atoms with Gasteiger partial charge in [-0.05, 0) is 35.0 Å². The Kier molecular flexibility index (Phi) is 3.43. The quantitative estimate of drug-likeness (QED) is 0.912. The molecule has 2 aromatic rings. The second-order valence-electron chi connectivity index (χ2n) is 3.85. The third-order valence-corrected chi connectivity index (χ3v) is 3.67. The first-order valence-corrected chi connectivity index (χ1v) is 6.09. The van der Waals surface area contributed by atoms with Gasteiger partial charge in [-0.1, -0.05) is 12.1 Å². The molecule has 0 fully saturated rings. The highest BCUT2D eigenvalue weighted by Gasteiger charge is 2.20. The largest absolute Gasteiger partial charge is 0.497 e. The minimum Gasteiger partial charge on any atom is -0.497 e. The number of methoxy groups -OCH3 is 1. The average molecular weight is 310 g/mol. The molecule has 94 valence electrons. The van der Waals surface area contributed by atoms with E-state index in [1.54, 1.807) is 13.2 Å². The molecule has 4 nitrogen and oxygen atoms in total. The second-order valence-corrected chi connectivity index (χ2v) is 4.64. The number of benzene rings is 1.